The molecule has 14 heavy (non-hydrogen) atoms. The minimum absolute atomic E-state index is 0.437. The van der Waals surface area contributed by atoms with Crippen molar-refractivity contribution in [1.29, 1.82) is 0 Å². The van der Waals surface area contributed by atoms with Gasteiger partial charge < -0.3 is 5.11 Å². The minimum atomic E-state index is -0.826. The molecule has 0 aliphatic heterocycles. The second-order valence-electron chi connectivity index (χ2n) is 4.03. The first-order valence-electron chi connectivity index (χ1n) is 4.94. The average Bonchev–Trinajstić information content (AvgIpc) is 2.92. The van der Waals surface area contributed by atoms with Crippen LogP contribution in [0, 0.1) is 13.8 Å². The van der Waals surface area contributed by atoms with Crippen LogP contribution in [0.1, 0.15) is 45.8 Å². The Morgan fingerprint density at radius 3 is 2.43 bits per heavy atom. The van der Waals surface area contributed by atoms with E-state index >= 15 is 0 Å². The van der Waals surface area contributed by atoms with E-state index in [2.05, 4.69) is 0 Å². The molecule has 0 radical (unpaired) electrons. The van der Waals surface area contributed by atoms with Crippen molar-refractivity contribution < 1.29 is 9.90 Å². The van der Waals surface area contributed by atoms with Crippen LogP contribution in [-0.2, 0) is 0 Å². The maximum atomic E-state index is 10.9. The van der Waals surface area contributed by atoms with Gasteiger partial charge in [-0.1, -0.05) is 6.07 Å². The van der Waals surface area contributed by atoms with Gasteiger partial charge in [-0.3, -0.25) is 0 Å². The molecule has 0 saturated heterocycles. The van der Waals surface area contributed by atoms with Crippen molar-refractivity contribution in [3.8, 4) is 0 Å². The third-order valence-electron chi connectivity index (χ3n) is 3.08. The van der Waals surface area contributed by atoms with Crippen LogP contribution in [0.5, 0.6) is 0 Å². The van der Waals surface area contributed by atoms with Crippen LogP contribution >= 0.6 is 0 Å². The van der Waals surface area contributed by atoms with E-state index in [1.807, 2.05) is 19.9 Å². The maximum Gasteiger partial charge on any atom is 0.335 e. The normalized spacial score (nSPS) is 15.6. The highest BCUT2D eigenvalue weighted by atomic mass is 16.4. The highest BCUT2D eigenvalue weighted by molar-refractivity contribution is 5.89. The molecule has 1 aromatic rings. The van der Waals surface area contributed by atoms with Crippen molar-refractivity contribution in [2.24, 2.45) is 0 Å². The summed E-state index contributed by atoms with van der Waals surface area (Å²) in [5.74, 6) is -0.135. The van der Waals surface area contributed by atoms with Crippen molar-refractivity contribution in [2.45, 2.75) is 32.6 Å². The van der Waals surface area contributed by atoms with Gasteiger partial charge in [0, 0.05) is 0 Å². The molecule has 2 rings (SSSR count). The minimum Gasteiger partial charge on any atom is -0.478 e. The average molecular weight is 190 g/mol. The Bertz CT molecular complexity index is 390. The largest absolute Gasteiger partial charge is 0.478 e. The SMILES string of the molecule is Cc1c(C(=O)O)ccc(C2CC2)c1C. The monoisotopic (exact) mass is 190 g/mol. The number of hydrogen-bond acceptors (Lipinski definition) is 1. The first-order valence-corrected chi connectivity index (χ1v) is 4.94. The Morgan fingerprint density at radius 1 is 1.29 bits per heavy atom. The topological polar surface area (TPSA) is 37.3 Å². The summed E-state index contributed by atoms with van der Waals surface area (Å²) < 4.78 is 0. The van der Waals surface area contributed by atoms with Gasteiger partial charge in [0.2, 0.25) is 0 Å². The molecule has 1 saturated carbocycles. The zero-order valence-corrected chi connectivity index (χ0v) is 8.50. The molecule has 0 unspecified atom stereocenters. The summed E-state index contributed by atoms with van der Waals surface area (Å²) in [6.45, 7) is 3.92. The van der Waals surface area contributed by atoms with Gasteiger partial charge in [-0.15, -0.1) is 0 Å². The lowest BCUT2D eigenvalue weighted by molar-refractivity contribution is 0.0696. The van der Waals surface area contributed by atoms with Crippen LogP contribution in [0.25, 0.3) is 0 Å². The molecule has 1 fully saturated rings. The van der Waals surface area contributed by atoms with Crippen LogP contribution in [0.15, 0.2) is 12.1 Å². The van der Waals surface area contributed by atoms with Gasteiger partial charge in [-0.2, -0.15) is 0 Å². The zero-order chi connectivity index (χ0) is 10.3. The van der Waals surface area contributed by atoms with Crippen molar-refractivity contribution in [2.75, 3.05) is 0 Å². The second kappa shape index (κ2) is 3.12. The summed E-state index contributed by atoms with van der Waals surface area (Å²) in [7, 11) is 0. The van der Waals surface area contributed by atoms with Crippen LogP contribution in [0.4, 0.5) is 0 Å². The first kappa shape index (κ1) is 9.25. The quantitative estimate of drug-likeness (QED) is 0.778. The fraction of sp³-hybridized carbons (Fsp3) is 0.417. The number of aromatic carboxylic acids is 1. The van der Waals surface area contributed by atoms with Gasteiger partial charge in [-0.25, -0.2) is 4.79 Å². The van der Waals surface area contributed by atoms with Crippen molar-refractivity contribution >= 4 is 5.97 Å². The molecule has 0 amide bonds. The van der Waals surface area contributed by atoms with E-state index in [1.165, 1.54) is 18.4 Å². The van der Waals surface area contributed by atoms with Gasteiger partial charge in [0.05, 0.1) is 5.56 Å². The standard InChI is InChI=1S/C12H14O2/c1-7-8(2)11(12(13)14)6-5-10(7)9-3-4-9/h5-6,9H,3-4H2,1-2H3,(H,13,14). The fourth-order valence-electron chi connectivity index (χ4n) is 1.91. The molecular weight excluding hydrogens is 176 g/mol. The van der Waals surface area contributed by atoms with E-state index in [-0.39, 0.29) is 0 Å². The van der Waals surface area contributed by atoms with Gasteiger partial charge in [-0.05, 0) is 55.4 Å². The predicted molar refractivity (Wildman–Crippen MR) is 54.9 cm³/mol. The molecule has 1 aromatic carbocycles. The summed E-state index contributed by atoms with van der Waals surface area (Å²) >= 11 is 0. The number of rotatable bonds is 2. The first-order chi connectivity index (χ1) is 6.61. The van der Waals surface area contributed by atoms with E-state index in [0.717, 1.165) is 11.1 Å². The summed E-state index contributed by atoms with van der Waals surface area (Å²) in [4.78, 5) is 10.9. The molecule has 1 aliphatic rings. The number of hydrogen-bond donors (Lipinski definition) is 1. The van der Waals surface area contributed by atoms with Crippen LogP contribution in [0.3, 0.4) is 0 Å². The molecule has 1 N–H and O–H groups in total. The van der Waals surface area contributed by atoms with Crippen LogP contribution < -0.4 is 0 Å². The Kier molecular flexibility index (Phi) is 2.06. The number of benzene rings is 1. The summed E-state index contributed by atoms with van der Waals surface area (Å²) in [5.41, 5.74) is 3.86. The number of carboxylic acid groups (broad SMARTS) is 1. The Hall–Kier alpha value is -1.31. The molecule has 0 bridgehead atoms. The molecule has 74 valence electrons. The molecule has 2 nitrogen and oxygen atoms in total. The van der Waals surface area contributed by atoms with Gasteiger partial charge in [0.15, 0.2) is 0 Å². The third kappa shape index (κ3) is 1.41. The van der Waals surface area contributed by atoms with Gasteiger partial charge in [0.1, 0.15) is 0 Å². The summed E-state index contributed by atoms with van der Waals surface area (Å²) in [5, 5.41) is 8.94. The highest BCUT2D eigenvalue weighted by Gasteiger charge is 2.26. The molecular formula is C12H14O2. The molecule has 0 heterocycles. The van der Waals surface area contributed by atoms with Crippen molar-refractivity contribution in [3.05, 3.63) is 34.4 Å². The lowest BCUT2D eigenvalue weighted by Gasteiger charge is -2.10. The zero-order valence-electron chi connectivity index (χ0n) is 8.50. The van der Waals surface area contributed by atoms with Crippen molar-refractivity contribution in [3.63, 3.8) is 0 Å². The highest BCUT2D eigenvalue weighted by Crippen LogP contribution is 2.42. The van der Waals surface area contributed by atoms with Crippen molar-refractivity contribution in [1.82, 2.24) is 0 Å². The van der Waals surface area contributed by atoms with E-state index in [0.29, 0.717) is 11.5 Å². The van der Waals surface area contributed by atoms with Crippen LogP contribution in [0.2, 0.25) is 0 Å². The Morgan fingerprint density at radius 2 is 1.93 bits per heavy atom. The molecule has 0 spiro atoms. The fourth-order valence-corrected chi connectivity index (χ4v) is 1.91. The molecule has 0 atom stereocenters. The Balaban J connectivity index is 2.50. The number of carboxylic acids is 1. The van der Waals surface area contributed by atoms with E-state index in [4.69, 9.17) is 5.11 Å². The Labute approximate surface area is 83.6 Å². The number of carbonyl (C=O) groups is 1. The molecule has 0 aromatic heterocycles. The van der Waals surface area contributed by atoms with Gasteiger partial charge in [0.25, 0.3) is 0 Å². The maximum absolute atomic E-state index is 10.9. The molecule has 2 heteroatoms. The third-order valence-corrected chi connectivity index (χ3v) is 3.08. The summed E-state index contributed by atoms with van der Waals surface area (Å²) in [6, 6.07) is 3.71. The smallest absolute Gasteiger partial charge is 0.335 e. The predicted octanol–water partition coefficient (Wildman–Crippen LogP) is 2.88. The van der Waals surface area contributed by atoms with Gasteiger partial charge >= 0.3 is 5.97 Å². The van der Waals surface area contributed by atoms with E-state index in [1.54, 1.807) is 6.07 Å². The lowest BCUT2D eigenvalue weighted by atomic mass is 9.95. The summed E-state index contributed by atoms with van der Waals surface area (Å²) in [6.07, 6.45) is 2.51. The second-order valence-corrected chi connectivity index (χ2v) is 4.03. The lowest BCUT2D eigenvalue weighted by Crippen LogP contribution is -2.03. The van der Waals surface area contributed by atoms with E-state index in [9.17, 15) is 4.79 Å². The van der Waals surface area contributed by atoms with E-state index < -0.39 is 5.97 Å². The molecule has 1 aliphatic carbocycles. The van der Waals surface area contributed by atoms with Crippen LogP contribution in [-0.4, -0.2) is 11.1 Å².